The van der Waals surface area contributed by atoms with Gasteiger partial charge in [-0.05, 0) is 69.5 Å². The Labute approximate surface area is 252 Å². The average Bonchev–Trinajstić information content (AvgIpc) is 2.86. The van der Waals surface area contributed by atoms with E-state index in [1.807, 2.05) is 26.8 Å². The van der Waals surface area contributed by atoms with Crippen molar-refractivity contribution in [2.45, 2.75) is 134 Å². The maximum absolute atomic E-state index is 13.2. The molecular weight excluding hydrogens is 562 g/mol. The van der Waals surface area contributed by atoms with Gasteiger partial charge in [-0.3, -0.25) is 9.59 Å². The van der Waals surface area contributed by atoms with Crippen LogP contribution in [0.3, 0.4) is 0 Å². The number of carbonyl (C=O) groups is 2. The Bertz CT molecular complexity index is 1010. The van der Waals surface area contributed by atoms with Crippen molar-refractivity contribution in [1.29, 1.82) is 0 Å². The molecule has 0 amide bonds. The molecule has 1 saturated carbocycles. The number of hydrogen-bond donors (Lipinski definition) is 2. The Morgan fingerprint density at radius 3 is 2.49 bits per heavy atom. The van der Waals surface area contributed by atoms with Crippen molar-refractivity contribution in [3.8, 4) is 0 Å². The van der Waals surface area contributed by atoms with Crippen molar-refractivity contribution >= 4 is 38.1 Å². The second kappa shape index (κ2) is 12.7. The molecule has 234 valence electrons. The van der Waals surface area contributed by atoms with E-state index in [9.17, 15) is 19.9 Å². The highest BCUT2D eigenvalue weighted by Crippen LogP contribution is 2.52. The number of carbonyl (C=O) groups excluding carboxylic acids is 2. The van der Waals surface area contributed by atoms with Crippen LogP contribution < -0.4 is 0 Å². The Kier molecular flexibility index (Phi) is 10.5. The number of oxime groups is 1. The molecule has 0 aromatic carbocycles. The average molecular weight is 614 g/mol. The lowest BCUT2D eigenvalue weighted by Crippen LogP contribution is -2.62. The van der Waals surface area contributed by atoms with Gasteiger partial charge in [0.1, 0.15) is 17.8 Å². The lowest BCUT2D eigenvalue weighted by Gasteiger charge is -2.54. The summed E-state index contributed by atoms with van der Waals surface area (Å²) in [7, 11) is -2.06. The van der Waals surface area contributed by atoms with E-state index in [1.54, 1.807) is 6.08 Å². The summed E-state index contributed by atoms with van der Waals surface area (Å²) in [5, 5.41) is 23.8. The van der Waals surface area contributed by atoms with Crippen LogP contribution >= 0.6 is 11.6 Å². The molecule has 41 heavy (non-hydrogen) atoms. The smallest absolute Gasteiger partial charge is 0.311 e. The monoisotopic (exact) mass is 613 g/mol. The Morgan fingerprint density at radius 1 is 1.24 bits per heavy atom. The maximum atomic E-state index is 13.2. The van der Waals surface area contributed by atoms with Gasteiger partial charge in [0, 0.05) is 24.5 Å². The number of esters is 2. The van der Waals surface area contributed by atoms with Crippen molar-refractivity contribution in [2.24, 2.45) is 34.2 Å². The van der Waals surface area contributed by atoms with Gasteiger partial charge in [0.2, 0.25) is 0 Å². The first-order valence-electron chi connectivity index (χ1n) is 15.2. The van der Waals surface area contributed by atoms with Gasteiger partial charge in [-0.15, -0.1) is 16.8 Å². The van der Waals surface area contributed by atoms with Crippen LogP contribution in [0.5, 0.6) is 0 Å². The van der Waals surface area contributed by atoms with E-state index in [0.29, 0.717) is 32.1 Å². The van der Waals surface area contributed by atoms with E-state index in [1.165, 1.54) is 6.21 Å². The van der Waals surface area contributed by atoms with E-state index < -0.39 is 42.7 Å². The third-order valence-electron chi connectivity index (χ3n) is 10.3. The van der Waals surface area contributed by atoms with Gasteiger partial charge in [0.25, 0.3) is 0 Å². The quantitative estimate of drug-likeness (QED) is 0.0583. The topological polar surface area (TPSA) is 115 Å². The molecule has 1 saturated heterocycles. The van der Waals surface area contributed by atoms with Crippen LogP contribution in [-0.4, -0.2) is 66.1 Å². The van der Waals surface area contributed by atoms with Crippen LogP contribution in [0.1, 0.15) is 87.0 Å². The zero-order chi connectivity index (χ0) is 31.0. The standard InChI is InChI=1S/C31H52ClNO7Si/c1-10-30(6,7)28(35)39-24-15-20(18-33-37)27(32)31(36)14-13-19(2)23(26(24)31)12-11-21-16-22(17-25(34)38-21)40-41(8,9)29(3,4)5/h13-14,18-24,26-27,36-37H,10-12,15-17H2,1-9H3/t19-,20-,21+,22+,23-,24-,26?,27-,31-/m0/s1. The third kappa shape index (κ3) is 7.39. The molecule has 0 aromatic heterocycles. The van der Waals surface area contributed by atoms with Crippen molar-refractivity contribution in [2.75, 3.05) is 0 Å². The van der Waals surface area contributed by atoms with Crippen LogP contribution in [-0.2, 0) is 23.5 Å². The summed E-state index contributed by atoms with van der Waals surface area (Å²) >= 11 is 6.87. The molecule has 0 radical (unpaired) electrons. The molecule has 1 heterocycles. The van der Waals surface area contributed by atoms with Crippen molar-refractivity contribution in [3.63, 3.8) is 0 Å². The first-order chi connectivity index (χ1) is 18.9. The maximum Gasteiger partial charge on any atom is 0.311 e. The number of cyclic esters (lactones) is 1. The first kappa shape index (κ1) is 34.1. The highest BCUT2D eigenvalue weighted by Gasteiger charge is 2.58. The highest BCUT2D eigenvalue weighted by atomic mass is 35.5. The number of aliphatic hydroxyl groups is 1. The number of halogens is 1. The first-order valence-corrected chi connectivity index (χ1v) is 18.5. The molecule has 9 atom stereocenters. The highest BCUT2D eigenvalue weighted by molar-refractivity contribution is 6.74. The lowest BCUT2D eigenvalue weighted by atomic mass is 9.58. The number of allylic oxidation sites excluding steroid dienone is 1. The zero-order valence-corrected chi connectivity index (χ0v) is 28.1. The molecule has 0 bridgehead atoms. The number of fused-ring (bicyclic) bond motifs is 1. The molecule has 3 aliphatic rings. The van der Waals surface area contributed by atoms with Gasteiger partial charge in [-0.2, -0.15) is 0 Å². The normalized spacial score (nSPS) is 36.6. The van der Waals surface area contributed by atoms with Gasteiger partial charge in [-0.1, -0.05) is 46.8 Å². The van der Waals surface area contributed by atoms with E-state index >= 15 is 0 Å². The number of alkyl halides is 1. The minimum absolute atomic E-state index is 0.0363. The Hall–Kier alpha value is -1.42. The second-order valence-corrected chi connectivity index (χ2v) is 19.9. The number of rotatable bonds is 9. The van der Waals surface area contributed by atoms with Crippen molar-refractivity contribution < 1.29 is 33.8 Å². The molecule has 10 heteroatoms. The van der Waals surface area contributed by atoms with E-state index in [0.717, 1.165) is 0 Å². The summed E-state index contributed by atoms with van der Waals surface area (Å²) in [6.07, 6.45) is 7.05. The molecule has 2 N–H and O–H groups in total. The molecule has 2 fully saturated rings. The number of nitrogens with zero attached hydrogens (tertiary/aromatic N) is 1. The van der Waals surface area contributed by atoms with E-state index in [2.05, 4.69) is 45.9 Å². The Morgan fingerprint density at radius 2 is 1.90 bits per heavy atom. The van der Waals surface area contributed by atoms with Gasteiger partial charge >= 0.3 is 11.9 Å². The van der Waals surface area contributed by atoms with Gasteiger partial charge in [0.15, 0.2) is 8.32 Å². The minimum Gasteiger partial charge on any atom is -0.462 e. The van der Waals surface area contributed by atoms with E-state index in [4.69, 9.17) is 25.5 Å². The number of hydrogen-bond acceptors (Lipinski definition) is 8. The Balaban J connectivity index is 1.84. The van der Waals surface area contributed by atoms with E-state index in [-0.39, 0.29) is 47.4 Å². The molecular formula is C31H52ClNO7Si. The molecule has 1 aliphatic heterocycles. The lowest BCUT2D eigenvalue weighted by molar-refractivity contribution is -0.181. The predicted molar refractivity (Wildman–Crippen MR) is 163 cm³/mol. The third-order valence-corrected chi connectivity index (χ3v) is 15.5. The molecule has 0 spiro atoms. The van der Waals surface area contributed by atoms with Crippen LogP contribution in [0.2, 0.25) is 18.1 Å². The SMILES string of the molecule is CCC(C)(C)C(=O)O[C@H]1C[C@@H](C=NO)[C@H](Cl)[C@]2(O)C=C[C@H](C)[C@H](CC[C@@H]3C[C@@H](O[Si](C)(C)C(C)(C)C)CC(=O)O3)C12. The molecule has 8 nitrogen and oxygen atoms in total. The minimum atomic E-state index is -2.06. The zero-order valence-electron chi connectivity index (χ0n) is 26.4. The summed E-state index contributed by atoms with van der Waals surface area (Å²) in [6, 6.07) is 0. The van der Waals surface area contributed by atoms with Crippen LogP contribution in [0.4, 0.5) is 0 Å². The molecule has 2 aliphatic carbocycles. The summed E-state index contributed by atoms with van der Waals surface area (Å²) < 4.78 is 18.5. The van der Waals surface area contributed by atoms with Gasteiger partial charge in [-0.25, -0.2) is 0 Å². The molecule has 3 rings (SSSR count). The van der Waals surface area contributed by atoms with Crippen molar-refractivity contribution in [3.05, 3.63) is 12.2 Å². The second-order valence-electron chi connectivity index (χ2n) is 14.7. The molecule has 0 aromatic rings. The molecule has 1 unspecified atom stereocenters. The largest absolute Gasteiger partial charge is 0.462 e. The predicted octanol–water partition coefficient (Wildman–Crippen LogP) is 6.47. The fourth-order valence-electron chi connectivity index (χ4n) is 6.27. The fourth-order valence-corrected chi connectivity index (χ4v) is 8.02. The van der Waals surface area contributed by atoms with Crippen molar-refractivity contribution in [1.82, 2.24) is 0 Å². The van der Waals surface area contributed by atoms with Crippen LogP contribution in [0.15, 0.2) is 17.3 Å². The van der Waals surface area contributed by atoms with Gasteiger partial charge < -0.3 is 24.2 Å². The van der Waals surface area contributed by atoms with Gasteiger partial charge in [0.05, 0.1) is 23.3 Å². The number of ether oxygens (including phenoxy) is 2. The fraction of sp³-hybridized carbons (Fsp3) is 0.839. The van der Waals surface area contributed by atoms with Crippen LogP contribution in [0.25, 0.3) is 0 Å². The van der Waals surface area contributed by atoms with Crippen LogP contribution in [0, 0.1) is 29.1 Å². The summed E-state index contributed by atoms with van der Waals surface area (Å²) in [4.78, 5) is 25.8. The summed E-state index contributed by atoms with van der Waals surface area (Å²) in [6.45, 7) is 18.7. The summed E-state index contributed by atoms with van der Waals surface area (Å²) in [5.74, 6) is -1.53. The summed E-state index contributed by atoms with van der Waals surface area (Å²) in [5.41, 5.74) is -2.15.